The molecule has 1 unspecified atom stereocenters. The van der Waals surface area contributed by atoms with Crippen molar-refractivity contribution < 1.29 is 18.3 Å². The second-order valence-corrected chi connectivity index (χ2v) is 5.54. The summed E-state index contributed by atoms with van der Waals surface area (Å²) in [6, 6.07) is 4.13. The number of nitrogens with two attached hydrogens (primary N) is 1. The summed E-state index contributed by atoms with van der Waals surface area (Å²) in [5.74, 6) is 0.122. The topological polar surface area (TPSA) is 89.6 Å². The highest BCUT2D eigenvalue weighted by atomic mass is 35.5. The molecule has 0 heterocycles. The fourth-order valence-corrected chi connectivity index (χ4v) is 2.65. The zero-order valence-electron chi connectivity index (χ0n) is 8.55. The maximum absolute atomic E-state index is 11.8. The predicted octanol–water partition coefficient (Wildman–Crippen LogP) is 0.399. The van der Waals surface area contributed by atoms with Crippen LogP contribution in [0.4, 0.5) is 0 Å². The van der Waals surface area contributed by atoms with Crippen molar-refractivity contribution in [2.75, 3.05) is 13.7 Å². The van der Waals surface area contributed by atoms with E-state index in [0.29, 0.717) is 0 Å². The van der Waals surface area contributed by atoms with Crippen LogP contribution in [0.1, 0.15) is 0 Å². The van der Waals surface area contributed by atoms with Gasteiger partial charge in [-0.25, -0.2) is 8.42 Å². The predicted molar refractivity (Wildman–Crippen MR) is 60.3 cm³/mol. The minimum Gasteiger partial charge on any atom is -0.495 e. The first kappa shape index (κ1) is 13.2. The highest BCUT2D eigenvalue weighted by Gasteiger charge is 2.27. The molecular weight excluding hydrogens is 254 g/mol. The number of sulfone groups is 1. The molecule has 3 N–H and O–H groups in total. The van der Waals surface area contributed by atoms with Gasteiger partial charge >= 0.3 is 0 Å². The maximum atomic E-state index is 11.8. The molecular formula is C9H12ClNO4S. The summed E-state index contributed by atoms with van der Waals surface area (Å²) in [6.07, 6.45) is 0. The smallest absolute Gasteiger partial charge is 0.209 e. The van der Waals surface area contributed by atoms with E-state index in [1.807, 2.05) is 0 Å². The molecule has 1 rings (SSSR count). The SMILES string of the molecule is COc1ccc(Cl)cc1S(=O)(=O)C(O)CN. The fraction of sp³-hybridized carbons (Fsp3) is 0.333. The van der Waals surface area contributed by atoms with E-state index < -0.39 is 21.8 Å². The number of hydrogen-bond acceptors (Lipinski definition) is 5. The molecule has 0 spiro atoms. The van der Waals surface area contributed by atoms with E-state index in [-0.39, 0.29) is 15.7 Å². The van der Waals surface area contributed by atoms with Crippen LogP contribution in [0.25, 0.3) is 0 Å². The van der Waals surface area contributed by atoms with Gasteiger partial charge in [-0.1, -0.05) is 11.6 Å². The number of hydrogen-bond donors (Lipinski definition) is 2. The van der Waals surface area contributed by atoms with Crippen LogP contribution < -0.4 is 10.5 Å². The minimum atomic E-state index is -3.93. The number of aliphatic hydroxyl groups excluding tert-OH is 1. The van der Waals surface area contributed by atoms with Crippen LogP contribution >= 0.6 is 11.6 Å². The molecule has 0 saturated heterocycles. The molecule has 0 aliphatic heterocycles. The zero-order valence-corrected chi connectivity index (χ0v) is 10.1. The lowest BCUT2D eigenvalue weighted by molar-refractivity contribution is 0.256. The fourth-order valence-electron chi connectivity index (χ4n) is 1.15. The maximum Gasteiger partial charge on any atom is 0.209 e. The van der Waals surface area contributed by atoms with Gasteiger partial charge in [-0.05, 0) is 18.2 Å². The molecule has 0 fully saturated rings. The molecule has 7 heteroatoms. The summed E-state index contributed by atoms with van der Waals surface area (Å²) in [7, 11) is -2.60. The number of ether oxygens (including phenoxy) is 1. The molecule has 0 aliphatic carbocycles. The third kappa shape index (κ3) is 2.46. The first-order valence-electron chi connectivity index (χ1n) is 4.39. The second-order valence-electron chi connectivity index (χ2n) is 3.03. The Kier molecular flexibility index (Phi) is 4.15. The van der Waals surface area contributed by atoms with Crippen molar-refractivity contribution in [3.63, 3.8) is 0 Å². The van der Waals surface area contributed by atoms with Gasteiger partial charge in [0.2, 0.25) is 9.84 Å². The molecule has 0 aromatic heterocycles. The van der Waals surface area contributed by atoms with Crippen LogP contribution in [0.3, 0.4) is 0 Å². The van der Waals surface area contributed by atoms with Crippen molar-refractivity contribution >= 4 is 21.4 Å². The Balaban J connectivity index is 3.37. The number of aliphatic hydroxyl groups is 1. The zero-order chi connectivity index (χ0) is 12.3. The van der Waals surface area contributed by atoms with E-state index in [0.717, 1.165) is 0 Å². The van der Waals surface area contributed by atoms with Gasteiger partial charge in [0.05, 0.1) is 7.11 Å². The lowest BCUT2D eigenvalue weighted by atomic mass is 10.3. The molecule has 5 nitrogen and oxygen atoms in total. The summed E-state index contributed by atoms with van der Waals surface area (Å²) < 4.78 is 28.5. The monoisotopic (exact) mass is 265 g/mol. The first-order chi connectivity index (χ1) is 7.43. The third-order valence-electron chi connectivity index (χ3n) is 1.99. The van der Waals surface area contributed by atoms with Crippen molar-refractivity contribution in [1.82, 2.24) is 0 Å². The van der Waals surface area contributed by atoms with Gasteiger partial charge in [0, 0.05) is 11.6 Å². The van der Waals surface area contributed by atoms with E-state index in [9.17, 15) is 13.5 Å². The standard InChI is InChI=1S/C9H12ClNO4S/c1-15-7-3-2-6(10)4-8(7)16(13,14)9(12)5-11/h2-4,9,12H,5,11H2,1H3. The highest BCUT2D eigenvalue weighted by Crippen LogP contribution is 2.29. The number of rotatable bonds is 4. The van der Waals surface area contributed by atoms with Gasteiger partial charge in [-0.15, -0.1) is 0 Å². The van der Waals surface area contributed by atoms with Crippen LogP contribution in [0.15, 0.2) is 23.1 Å². The Bertz CT molecular complexity index is 474. The molecule has 16 heavy (non-hydrogen) atoms. The van der Waals surface area contributed by atoms with Crippen molar-refractivity contribution in [3.05, 3.63) is 23.2 Å². The van der Waals surface area contributed by atoms with E-state index in [4.69, 9.17) is 22.1 Å². The average molecular weight is 266 g/mol. The molecule has 1 aromatic carbocycles. The Hall–Kier alpha value is -0.820. The van der Waals surface area contributed by atoms with E-state index in [1.54, 1.807) is 0 Å². The molecule has 1 aromatic rings. The molecule has 90 valence electrons. The molecule has 0 bridgehead atoms. The third-order valence-corrected chi connectivity index (χ3v) is 4.07. The van der Waals surface area contributed by atoms with Gasteiger partial charge in [0.1, 0.15) is 10.6 Å². The summed E-state index contributed by atoms with van der Waals surface area (Å²) >= 11 is 5.69. The number of halogens is 1. The van der Waals surface area contributed by atoms with E-state index in [2.05, 4.69) is 0 Å². The largest absolute Gasteiger partial charge is 0.495 e. The number of benzene rings is 1. The van der Waals surface area contributed by atoms with Crippen molar-refractivity contribution in [2.45, 2.75) is 10.3 Å². The van der Waals surface area contributed by atoms with Gasteiger partial charge < -0.3 is 15.6 Å². The summed E-state index contributed by atoms with van der Waals surface area (Å²) in [5, 5.41) is 9.58. The van der Waals surface area contributed by atoms with E-state index >= 15 is 0 Å². The number of methoxy groups -OCH3 is 1. The quantitative estimate of drug-likeness (QED) is 0.822. The lowest BCUT2D eigenvalue weighted by Crippen LogP contribution is -2.29. The Morgan fingerprint density at radius 1 is 1.56 bits per heavy atom. The summed E-state index contributed by atoms with van der Waals surface area (Å²) in [5.41, 5.74) is 3.46. The van der Waals surface area contributed by atoms with Crippen LogP contribution in [0.2, 0.25) is 5.02 Å². The average Bonchev–Trinajstić information content (AvgIpc) is 2.27. The normalized spacial score (nSPS) is 13.5. The van der Waals surface area contributed by atoms with Crippen molar-refractivity contribution in [1.29, 1.82) is 0 Å². The van der Waals surface area contributed by atoms with Gasteiger partial charge in [-0.2, -0.15) is 0 Å². The molecule has 0 radical (unpaired) electrons. The molecule has 1 atom stereocenters. The molecule has 0 aliphatic rings. The van der Waals surface area contributed by atoms with Crippen LogP contribution in [-0.2, 0) is 9.84 Å². The summed E-state index contributed by atoms with van der Waals surface area (Å²) in [4.78, 5) is -0.166. The summed E-state index contributed by atoms with van der Waals surface area (Å²) in [6.45, 7) is -0.391. The van der Waals surface area contributed by atoms with Crippen LogP contribution in [-0.4, -0.2) is 32.6 Å². The molecule has 0 amide bonds. The van der Waals surface area contributed by atoms with Gasteiger partial charge in [0.25, 0.3) is 0 Å². The Morgan fingerprint density at radius 2 is 2.19 bits per heavy atom. The Morgan fingerprint density at radius 3 is 2.69 bits per heavy atom. The highest BCUT2D eigenvalue weighted by molar-refractivity contribution is 7.92. The lowest BCUT2D eigenvalue weighted by Gasteiger charge is -2.13. The molecule has 0 saturated carbocycles. The van der Waals surface area contributed by atoms with Crippen LogP contribution in [0, 0.1) is 0 Å². The second kappa shape index (κ2) is 5.01. The minimum absolute atomic E-state index is 0.122. The van der Waals surface area contributed by atoms with E-state index in [1.165, 1.54) is 25.3 Å². The van der Waals surface area contributed by atoms with Gasteiger partial charge in [-0.3, -0.25) is 0 Å². The van der Waals surface area contributed by atoms with Gasteiger partial charge in [0.15, 0.2) is 5.44 Å². The van der Waals surface area contributed by atoms with Crippen molar-refractivity contribution in [3.8, 4) is 5.75 Å². The van der Waals surface area contributed by atoms with Crippen molar-refractivity contribution in [2.24, 2.45) is 5.73 Å². The Labute approximate surface area is 98.7 Å². The first-order valence-corrected chi connectivity index (χ1v) is 6.31. The van der Waals surface area contributed by atoms with Crippen LogP contribution in [0.5, 0.6) is 5.75 Å².